The van der Waals surface area contributed by atoms with Gasteiger partial charge in [0, 0.05) is 19.1 Å². The predicted molar refractivity (Wildman–Crippen MR) is 103 cm³/mol. The van der Waals surface area contributed by atoms with E-state index in [2.05, 4.69) is 0 Å². The van der Waals surface area contributed by atoms with E-state index < -0.39 is 24.4 Å². The molecular formula is C21H27N3O4. The average Bonchev–Trinajstić information content (AvgIpc) is 3.26. The number of hydrogen-bond donors (Lipinski definition) is 0. The number of carbonyl (C=O) groups excluding carboxylic acids is 4. The highest BCUT2D eigenvalue weighted by Crippen LogP contribution is 2.27. The molecule has 2 aliphatic rings. The zero-order valence-electron chi connectivity index (χ0n) is 16.5. The normalized spacial score (nSPS) is 17.7. The molecular weight excluding hydrogens is 358 g/mol. The summed E-state index contributed by atoms with van der Waals surface area (Å²) in [5, 5.41) is 0. The summed E-state index contributed by atoms with van der Waals surface area (Å²) in [5.74, 6) is -2.02. The second-order valence-corrected chi connectivity index (χ2v) is 7.59. The number of benzene rings is 1. The molecule has 150 valence electrons. The van der Waals surface area contributed by atoms with Gasteiger partial charge in [0.05, 0.1) is 0 Å². The second kappa shape index (κ2) is 8.54. The first-order chi connectivity index (χ1) is 13.4. The Morgan fingerprint density at radius 1 is 1.07 bits per heavy atom. The molecule has 0 radical (unpaired) electrons. The maximum absolute atomic E-state index is 12.8. The Hall–Kier alpha value is -2.70. The minimum Gasteiger partial charge on any atom is -0.337 e. The molecule has 1 saturated heterocycles. The first-order valence-corrected chi connectivity index (χ1v) is 9.94. The monoisotopic (exact) mass is 385 g/mol. The van der Waals surface area contributed by atoms with Crippen molar-refractivity contribution in [3.8, 4) is 0 Å². The average molecular weight is 385 g/mol. The first-order valence-electron chi connectivity index (χ1n) is 9.94. The standard InChI is InChI=1S/C21H27N3O4/c1-3-12-22(13-16-10-8-15(2)9-11-16)18(25)14-23-19(26)20(27)24(21(23)28)17-6-4-5-7-17/h8-11,17H,3-7,12-14H2,1-2H3. The van der Waals surface area contributed by atoms with Crippen molar-refractivity contribution >= 4 is 23.8 Å². The fourth-order valence-corrected chi connectivity index (χ4v) is 3.86. The van der Waals surface area contributed by atoms with Gasteiger partial charge in [-0.05, 0) is 31.7 Å². The van der Waals surface area contributed by atoms with E-state index in [1.165, 1.54) is 0 Å². The molecule has 28 heavy (non-hydrogen) atoms. The van der Waals surface area contributed by atoms with Crippen molar-refractivity contribution < 1.29 is 19.2 Å². The van der Waals surface area contributed by atoms with Crippen molar-refractivity contribution in [2.24, 2.45) is 0 Å². The van der Waals surface area contributed by atoms with Crippen LogP contribution in [0.4, 0.5) is 4.79 Å². The Labute approximate surface area is 165 Å². The molecule has 7 nitrogen and oxygen atoms in total. The fourth-order valence-electron chi connectivity index (χ4n) is 3.86. The van der Waals surface area contributed by atoms with Crippen LogP contribution in [0, 0.1) is 6.92 Å². The molecule has 1 saturated carbocycles. The Bertz CT molecular complexity index is 768. The van der Waals surface area contributed by atoms with E-state index in [0.29, 0.717) is 13.1 Å². The molecule has 1 aliphatic heterocycles. The Morgan fingerprint density at radius 2 is 1.71 bits per heavy atom. The van der Waals surface area contributed by atoms with Crippen LogP contribution in [0.15, 0.2) is 24.3 Å². The van der Waals surface area contributed by atoms with Crippen LogP contribution in [-0.4, -0.2) is 57.6 Å². The van der Waals surface area contributed by atoms with Gasteiger partial charge >= 0.3 is 17.8 Å². The van der Waals surface area contributed by atoms with Gasteiger partial charge < -0.3 is 4.90 Å². The van der Waals surface area contributed by atoms with Gasteiger partial charge in [0.15, 0.2) is 0 Å². The summed E-state index contributed by atoms with van der Waals surface area (Å²) in [6.07, 6.45) is 4.09. The van der Waals surface area contributed by atoms with Gasteiger partial charge in [-0.2, -0.15) is 0 Å². The zero-order chi connectivity index (χ0) is 20.3. The number of imide groups is 2. The van der Waals surface area contributed by atoms with Crippen LogP contribution in [0.2, 0.25) is 0 Å². The summed E-state index contributed by atoms with van der Waals surface area (Å²) in [6.45, 7) is 4.49. The van der Waals surface area contributed by atoms with E-state index in [9.17, 15) is 19.2 Å². The van der Waals surface area contributed by atoms with E-state index in [1.54, 1.807) is 4.90 Å². The Balaban J connectivity index is 1.70. The fraction of sp³-hybridized carbons (Fsp3) is 0.524. The summed E-state index contributed by atoms with van der Waals surface area (Å²) in [5.41, 5.74) is 2.12. The lowest BCUT2D eigenvalue weighted by Gasteiger charge is -2.25. The number of carbonyl (C=O) groups is 4. The maximum atomic E-state index is 12.8. The number of aryl methyl sites for hydroxylation is 1. The van der Waals surface area contributed by atoms with Crippen molar-refractivity contribution in [1.29, 1.82) is 0 Å². The van der Waals surface area contributed by atoms with E-state index in [4.69, 9.17) is 0 Å². The van der Waals surface area contributed by atoms with Crippen molar-refractivity contribution in [2.75, 3.05) is 13.1 Å². The second-order valence-electron chi connectivity index (χ2n) is 7.59. The smallest absolute Gasteiger partial charge is 0.334 e. The maximum Gasteiger partial charge on any atom is 0.334 e. The van der Waals surface area contributed by atoms with Crippen LogP contribution in [0.5, 0.6) is 0 Å². The SMILES string of the molecule is CCCN(Cc1ccc(C)cc1)C(=O)CN1C(=O)C(=O)N(C2CCCC2)C1=O. The Morgan fingerprint density at radius 3 is 2.32 bits per heavy atom. The molecule has 0 aromatic heterocycles. The molecule has 1 aromatic rings. The van der Waals surface area contributed by atoms with Crippen LogP contribution in [0.25, 0.3) is 0 Å². The lowest BCUT2D eigenvalue weighted by atomic mass is 10.1. The highest BCUT2D eigenvalue weighted by atomic mass is 16.2. The van der Waals surface area contributed by atoms with Gasteiger partial charge in [-0.25, -0.2) is 9.69 Å². The van der Waals surface area contributed by atoms with Crippen LogP contribution in [0.1, 0.15) is 50.2 Å². The van der Waals surface area contributed by atoms with Gasteiger partial charge in [0.1, 0.15) is 6.54 Å². The summed E-state index contributed by atoms with van der Waals surface area (Å²) >= 11 is 0. The van der Waals surface area contributed by atoms with Crippen LogP contribution < -0.4 is 0 Å². The van der Waals surface area contributed by atoms with Crippen molar-refractivity contribution in [3.05, 3.63) is 35.4 Å². The highest BCUT2D eigenvalue weighted by molar-refractivity contribution is 6.45. The lowest BCUT2D eigenvalue weighted by Crippen LogP contribution is -2.44. The molecule has 5 amide bonds. The third kappa shape index (κ3) is 4.08. The van der Waals surface area contributed by atoms with Gasteiger partial charge in [0.25, 0.3) is 0 Å². The van der Waals surface area contributed by atoms with Gasteiger partial charge in [-0.15, -0.1) is 0 Å². The molecule has 7 heteroatoms. The van der Waals surface area contributed by atoms with E-state index in [1.807, 2.05) is 38.1 Å². The predicted octanol–water partition coefficient (Wildman–Crippen LogP) is 2.47. The molecule has 0 atom stereocenters. The molecule has 1 heterocycles. The van der Waals surface area contributed by atoms with E-state index in [-0.39, 0.29) is 11.9 Å². The molecule has 1 aliphatic carbocycles. The van der Waals surface area contributed by atoms with Crippen LogP contribution in [-0.2, 0) is 20.9 Å². The molecule has 1 aromatic carbocycles. The van der Waals surface area contributed by atoms with Gasteiger partial charge in [-0.3, -0.25) is 19.3 Å². The van der Waals surface area contributed by atoms with Crippen molar-refractivity contribution in [1.82, 2.24) is 14.7 Å². The van der Waals surface area contributed by atoms with Gasteiger partial charge in [-0.1, -0.05) is 49.6 Å². The van der Waals surface area contributed by atoms with Crippen LogP contribution in [0.3, 0.4) is 0 Å². The van der Waals surface area contributed by atoms with E-state index >= 15 is 0 Å². The molecule has 2 fully saturated rings. The number of rotatable bonds is 7. The Kier molecular flexibility index (Phi) is 6.11. The third-order valence-corrected chi connectivity index (χ3v) is 5.41. The van der Waals surface area contributed by atoms with Crippen LogP contribution >= 0.6 is 0 Å². The highest BCUT2D eigenvalue weighted by Gasteiger charge is 2.48. The summed E-state index contributed by atoms with van der Waals surface area (Å²) in [7, 11) is 0. The number of nitrogens with zero attached hydrogens (tertiary/aromatic N) is 3. The molecule has 0 unspecified atom stereocenters. The first kappa shape index (κ1) is 20.0. The molecule has 0 N–H and O–H groups in total. The number of hydrogen-bond acceptors (Lipinski definition) is 4. The topological polar surface area (TPSA) is 78.0 Å². The minimum atomic E-state index is -0.892. The number of amides is 5. The minimum absolute atomic E-state index is 0.219. The zero-order valence-corrected chi connectivity index (χ0v) is 16.5. The van der Waals surface area contributed by atoms with E-state index in [0.717, 1.165) is 53.0 Å². The largest absolute Gasteiger partial charge is 0.337 e. The van der Waals surface area contributed by atoms with Gasteiger partial charge in [0.2, 0.25) is 5.91 Å². The third-order valence-electron chi connectivity index (χ3n) is 5.41. The summed E-state index contributed by atoms with van der Waals surface area (Å²) in [6, 6.07) is 7.02. The molecule has 0 bridgehead atoms. The lowest BCUT2D eigenvalue weighted by molar-refractivity contribution is -0.145. The molecule has 3 rings (SSSR count). The quantitative estimate of drug-likeness (QED) is 0.534. The summed E-state index contributed by atoms with van der Waals surface area (Å²) in [4.78, 5) is 53.6. The van der Waals surface area contributed by atoms with Crippen molar-refractivity contribution in [3.63, 3.8) is 0 Å². The summed E-state index contributed by atoms with van der Waals surface area (Å²) < 4.78 is 0. The molecule has 0 spiro atoms. The van der Waals surface area contributed by atoms with Crippen molar-refractivity contribution in [2.45, 2.75) is 58.5 Å². The number of urea groups is 1.